The lowest BCUT2D eigenvalue weighted by molar-refractivity contribution is -0.126. The Hall–Kier alpha value is -2.88. The Morgan fingerprint density at radius 3 is 2.48 bits per heavy atom. The van der Waals surface area contributed by atoms with E-state index < -0.39 is 0 Å². The first-order chi connectivity index (χ1) is 12.0. The molecule has 0 aromatic heterocycles. The fourth-order valence-electron chi connectivity index (χ4n) is 3.04. The molecule has 1 aliphatic carbocycles. The first kappa shape index (κ1) is 18.5. The van der Waals surface area contributed by atoms with Crippen LogP contribution in [0.25, 0.3) is 0 Å². The van der Waals surface area contributed by atoms with Crippen LogP contribution in [0.5, 0.6) is 0 Å². The molecule has 3 N–H and O–H groups in total. The fraction of sp³-hybridized carbons (Fsp3) is 0.444. The van der Waals surface area contributed by atoms with Crippen LogP contribution >= 0.6 is 0 Å². The van der Waals surface area contributed by atoms with Crippen molar-refractivity contribution in [3.8, 4) is 6.07 Å². The molecule has 0 aliphatic heterocycles. The van der Waals surface area contributed by atoms with Gasteiger partial charge in [0.25, 0.3) is 5.91 Å². The van der Waals surface area contributed by atoms with Crippen molar-refractivity contribution in [1.29, 1.82) is 5.26 Å². The monoisotopic (exact) mass is 342 g/mol. The number of nitrogens with zero attached hydrogens (tertiary/aromatic N) is 1. The smallest absolute Gasteiger partial charge is 0.251 e. The number of benzene rings is 1. The third kappa shape index (κ3) is 5.31. The standard InChI is InChI=1S/C18H22N4O3/c1-12(23)21-14-8-6-13(7-9-14)17(24)22-16-5-3-2-4-15(16)18(25)20-11-10-19/h6-9,15-16H,2-5,11H2,1H3,(H,20,25)(H,21,23)(H,22,24)/t15-,16+/m0/s1. The molecule has 1 fully saturated rings. The SMILES string of the molecule is CC(=O)Nc1ccc(C(=O)N[C@@H]2CCCC[C@@H]2C(=O)NCC#N)cc1. The summed E-state index contributed by atoms with van der Waals surface area (Å²) in [6, 6.07) is 8.24. The van der Waals surface area contributed by atoms with E-state index in [2.05, 4.69) is 16.0 Å². The van der Waals surface area contributed by atoms with Crippen molar-refractivity contribution in [1.82, 2.24) is 10.6 Å². The van der Waals surface area contributed by atoms with E-state index in [4.69, 9.17) is 5.26 Å². The summed E-state index contributed by atoms with van der Waals surface area (Å²) in [5, 5.41) is 16.7. The molecular formula is C18H22N4O3. The summed E-state index contributed by atoms with van der Waals surface area (Å²) < 4.78 is 0. The molecule has 3 amide bonds. The number of carbonyl (C=O) groups is 3. The van der Waals surface area contributed by atoms with Crippen molar-refractivity contribution < 1.29 is 14.4 Å². The second-order valence-corrected chi connectivity index (χ2v) is 6.11. The van der Waals surface area contributed by atoms with Crippen LogP contribution in [0.15, 0.2) is 24.3 Å². The molecule has 0 spiro atoms. The number of carbonyl (C=O) groups excluding carboxylic acids is 3. The van der Waals surface area contributed by atoms with Gasteiger partial charge in [0.05, 0.1) is 12.0 Å². The molecular weight excluding hydrogens is 320 g/mol. The minimum Gasteiger partial charge on any atom is -0.349 e. The van der Waals surface area contributed by atoms with Crippen molar-refractivity contribution in [2.24, 2.45) is 5.92 Å². The third-order valence-corrected chi connectivity index (χ3v) is 4.23. The molecule has 0 heterocycles. The van der Waals surface area contributed by atoms with Crippen LogP contribution in [0.1, 0.15) is 43.0 Å². The Balaban J connectivity index is 2.00. The maximum absolute atomic E-state index is 12.4. The normalized spacial score (nSPS) is 19.4. The lowest BCUT2D eigenvalue weighted by Crippen LogP contribution is -2.48. The summed E-state index contributed by atoms with van der Waals surface area (Å²) >= 11 is 0. The molecule has 2 atom stereocenters. The predicted octanol–water partition coefficient (Wildman–Crippen LogP) is 1.57. The highest BCUT2D eigenvalue weighted by Gasteiger charge is 2.32. The van der Waals surface area contributed by atoms with Gasteiger partial charge in [0, 0.05) is 24.2 Å². The second kappa shape index (κ2) is 8.83. The van der Waals surface area contributed by atoms with E-state index in [1.165, 1.54) is 6.92 Å². The lowest BCUT2D eigenvalue weighted by Gasteiger charge is -2.31. The van der Waals surface area contributed by atoms with Gasteiger partial charge in [-0.1, -0.05) is 12.8 Å². The summed E-state index contributed by atoms with van der Waals surface area (Å²) in [5.41, 5.74) is 1.09. The number of hydrogen-bond acceptors (Lipinski definition) is 4. The van der Waals surface area contributed by atoms with Gasteiger partial charge in [0.2, 0.25) is 11.8 Å². The molecule has 1 aromatic rings. The highest BCUT2D eigenvalue weighted by Crippen LogP contribution is 2.25. The van der Waals surface area contributed by atoms with E-state index in [1.54, 1.807) is 24.3 Å². The Kier molecular flexibility index (Phi) is 6.52. The number of anilines is 1. The summed E-state index contributed by atoms with van der Waals surface area (Å²) in [7, 11) is 0. The molecule has 0 bridgehead atoms. The van der Waals surface area contributed by atoms with E-state index >= 15 is 0 Å². The number of amides is 3. The van der Waals surface area contributed by atoms with Crippen molar-refractivity contribution >= 4 is 23.4 Å². The molecule has 0 saturated heterocycles. The zero-order chi connectivity index (χ0) is 18.2. The van der Waals surface area contributed by atoms with Crippen molar-refractivity contribution in [2.45, 2.75) is 38.6 Å². The van der Waals surface area contributed by atoms with E-state index in [0.29, 0.717) is 17.7 Å². The van der Waals surface area contributed by atoms with Crippen LogP contribution in [0, 0.1) is 17.2 Å². The van der Waals surface area contributed by atoms with E-state index in [0.717, 1.165) is 19.3 Å². The van der Waals surface area contributed by atoms with Crippen molar-refractivity contribution in [2.75, 3.05) is 11.9 Å². The van der Waals surface area contributed by atoms with Crippen LogP contribution < -0.4 is 16.0 Å². The number of nitriles is 1. The zero-order valence-corrected chi connectivity index (χ0v) is 14.2. The molecule has 0 radical (unpaired) electrons. The lowest BCUT2D eigenvalue weighted by atomic mass is 9.83. The van der Waals surface area contributed by atoms with Gasteiger partial charge in [-0.15, -0.1) is 0 Å². The zero-order valence-electron chi connectivity index (χ0n) is 14.2. The molecule has 1 saturated carbocycles. The maximum Gasteiger partial charge on any atom is 0.251 e. The van der Waals surface area contributed by atoms with Gasteiger partial charge in [-0.05, 0) is 37.1 Å². The molecule has 7 nitrogen and oxygen atoms in total. The van der Waals surface area contributed by atoms with Crippen LogP contribution in [0.4, 0.5) is 5.69 Å². The quantitative estimate of drug-likeness (QED) is 0.705. The van der Waals surface area contributed by atoms with Crippen LogP contribution in [0.2, 0.25) is 0 Å². The topological polar surface area (TPSA) is 111 Å². The van der Waals surface area contributed by atoms with E-state index in [9.17, 15) is 14.4 Å². The van der Waals surface area contributed by atoms with Crippen molar-refractivity contribution in [3.05, 3.63) is 29.8 Å². The molecule has 132 valence electrons. The molecule has 7 heteroatoms. The largest absolute Gasteiger partial charge is 0.349 e. The summed E-state index contributed by atoms with van der Waals surface area (Å²) in [6.07, 6.45) is 3.32. The van der Waals surface area contributed by atoms with Gasteiger partial charge in [-0.2, -0.15) is 5.26 Å². The number of nitrogens with one attached hydrogen (secondary N) is 3. The van der Waals surface area contributed by atoms with Crippen molar-refractivity contribution in [3.63, 3.8) is 0 Å². The fourth-order valence-corrected chi connectivity index (χ4v) is 3.04. The minimum atomic E-state index is -0.315. The summed E-state index contributed by atoms with van der Waals surface area (Å²) in [5.74, 6) is -0.928. The Morgan fingerprint density at radius 2 is 1.84 bits per heavy atom. The highest BCUT2D eigenvalue weighted by atomic mass is 16.2. The Morgan fingerprint density at radius 1 is 1.16 bits per heavy atom. The van der Waals surface area contributed by atoms with Crippen LogP contribution in [-0.4, -0.2) is 30.3 Å². The highest BCUT2D eigenvalue weighted by molar-refractivity contribution is 5.96. The van der Waals surface area contributed by atoms with Gasteiger partial charge >= 0.3 is 0 Å². The van der Waals surface area contributed by atoms with Gasteiger partial charge in [-0.25, -0.2) is 0 Å². The van der Waals surface area contributed by atoms with Gasteiger partial charge in [0.1, 0.15) is 6.54 Å². The minimum absolute atomic E-state index is 0.0272. The molecule has 25 heavy (non-hydrogen) atoms. The Labute approximate surface area is 146 Å². The first-order valence-electron chi connectivity index (χ1n) is 8.34. The molecule has 2 rings (SSSR count). The average molecular weight is 342 g/mol. The molecule has 1 aromatic carbocycles. The molecule has 0 unspecified atom stereocenters. The van der Waals surface area contributed by atoms with Gasteiger partial charge in [0.15, 0.2) is 0 Å². The summed E-state index contributed by atoms with van der Waals surface area (Å²) in [6.45, 7) is 1.39. The number of rotatable bonds is 5. The van der Waals surface area contributed by atoms with Gasteiger partial charge < -0.3 is 16.0 Å². The Bertz CT molecular complexity index is 679. The third-order valence-electron chi connectivity index (χ3n) is 4.23. The predicted molar refractivity (Wildman–Crippen MR) is 92.6 cm³/mol. The van der Waals surface area contributed by atoms with E-state index in [-0.39, 0.29) is 36.2 Å². The number of hydrogen-bond donors (Lipinski definition) is 3. The van der Waals surface area contributed by atoms with E-state index in [1.807, 2.05) is 6.07 Å². The molecule has 1 aliphatic rings. The summed E-state index contributed by atoms with van der Waals surface area (Å²) in [4.78, 5) is 35.6. The van der Waals surface area contributed by atoms with Crippen LogP contribution in [-0.2, 0) is 9.59 Å². The van der Waals surface area contributed by atoms with Crippen LogP contribution in [0.3, 0.4) is 0 Å². The second-order valence-electron chi connectivity index (χ2n) is 6.11. The first-order valence-corrected chi connectivity index (χ1v) is 8.34. The maximum atomic E-state index is 12.4. The van der Waals surface area contributed by atoms with Gasteiger partial charge in [-0.3, -0.25) is 14.4 Å². The average Bonchev–Trinajstić information content (AvgIpc) is 2.60.